The van der Waals surface area contributed by atoms with Gasteiger partial charge in [-0.1, -0.05) is 52.0 Å². The number of likely N-dealkylation sites (N-methyl/N-ethyl adjacent to an activating group) is 1. The number of halogens is 1. The van der Waals surface area contributed by atoms with Crippen LogP contribution in [0.15, 0.2) is 12.7 Å². The lowest BCUT2D eigenvalue weighted by Crippen LogP contribution is -3.00. The van der Waals surface area contributed by atoms with Crippen molar-refractivity contribution in [2.45, 2.75) is 58.3 Å². The fourth-order valence-electron chi connectivity index (χ4n) is 2.11. The Morgan fingerprint density at radius 1 is 0.882 bits per heavy atom. The average molecular weight is 262 g/mol. The molecule has 0 aliphatic heterocycles. The van der Waals surface area contributed by atoms with E-state index in [1.807, 2.05) is 6.08 Å². The zero-order valence-corrected chi connectivity index (χ0v) is 12.9. The van der Waals surface area contributed by atoms with Gasteiger partial charge in [-0.3, -0.25) is 0 Å². The van der Waals surface area contributed by atoms with Gasteiger partial charge in [0.2, 0.25) is 0 Å². The van der Waals surface area contributed by atoms with Crippen molar-refractivity contribution < 1.29 is 16.9 Å². The van der Waals surface area contributed by atoms with Crippen LogP contribution in [-0.4, -0.2) is 31.7 Å². The number of hydrogen-bond donors (Lipinski definition) is 0. The van der Waals surface area contributed by atoms with Gasteiger partial charge in [-0.2, -0.15) is 0 Å². The molecule has 0 unspecified atom stereocenters. The molecule has 0 bridgehead atoms. The van der Waals surface area contributed by atoms with E-state index < -0.39 is 0 Å². The molecule has 0 spiro atoms. The first-order valence-corrected chi connectivity index (χ1v) is 7.05. The van der Waals surface area contributed by atoms with Gasteiger partial charge in [-0.05, 0) is 18.9 Å². The van der Waals surface area contributed by atoms with Gasteiger partial charge in [-0.15, -0.1) is 0 Å². The van der Waals surface area contributed by atoms with E-state index >= 15 is 0 Å². The molecule has 0 saturated carbocycles. The molecule has 0 aromatic heterocycles. The summed E-state index contributed by atoms with van der Waals surface area (Å²) in [5.74, 6) is 0. The van der Waals surface area contributed by atoms with Crippen molar-refractivity contribution in [1.29, 1.82) is 0 Å². The van der Waals surface area contributed by atoms with E-state index in [1.165, 1.54) is 57.9 Å². The van der Waals surface area contributed by atoms with Crippen LogP contribution in [0.5, 0.6) is 0 Å². The summed E-state index contributed by atoms with van der Waals surface area (Å²) in [4.78, 5) is 0. The summed E-state index contributed by atoms with van der Waals surface area (Å²) in [6.45, 7) is 8.48. The van der Waals surface area contributed by atoms with Gasteiger partial charge in [0, 0.05) is 0 Å². The summed E-state index contributed by atoms with van der Waals surface area (Å²) in [5, 5.41) is 0. The molecule has 0 N–H and O–H groups in total. The molecule has 0 aromatic carbocycles. The zero-order chi connectivity index (χ0) is 12.3. The second-order valence-electron chi connectivity index (χ2n) is 5.61. The third kappa shape index (κ3) is 13.9. The number of hydrogen-bond acceptors (Lipinski definition) is 0. The second-order valence-corrected chi connectivity index (χ2v) is 5.61. The lowest BCUT2D eigenvalue weighted by Gasteiger charge is -2.28. The van der Waals surface area contributed by atoms with Crippen LogP contribution < -0.4 is 12.4 Å². The van der Waals surface area contributed by atoms with Crippen LogP contribution >= 0.6 is 0 Å². The second kappa shape index (κ2) is 12.4. The molecule has 0 aliphatic rings. The molecule has 0 atom stereocenters. The molecule has 0 aliphatic carbocycles. The van der Waals surface area contributed by atoms with Crippen molar-refractivity contribution >= 4 is 0 Å². The van der Waals surface area contributed by atoms with Crippen LogP contribution in [0.25, 0.3) is 0 Å². The summed E-state index contributed by atoms with van der Waals surface area (Å²) >= 11 is 0. The Hall–Kier alpha value is -0.0100. The average Bonchev–Trinajstić information content (AvgIpc) is 2.22. The van der Waals surface area contributed by atoms with Gasteiger partial charge >= 0.3 is 0 Å². The lowest BCUT2D eigenvalue weighted by molar-refractivity contribution is -0.884. The highest BCUT2D eigenvalue weighted by Crippen LogP contribution is 2.10. The van der Waals surface area contributed by atoms with E-state index in [0.717, 1.165) is 11.0 Å². The predicted molar refractivity (Wildman–Crippen MR) is 74.6 cm³/mol. The largest absolute Gasteiger partial charge is 1.00 e. The summed E-state index contributed by atoms with van der Waals surface area (Å²) in [7, 11) is 4.59. The minimum Gasteiger partial charge on any atom is -1.00 e. The summed E-state index contributed by atoms with van der Waals surface area (Å²) in [5.41, 5.74) is 0. The zero-order valence-electron chi connectivity index (χ0n) is 12.2. The minimum absolute atomic E-state index is 0. The van der Waals surface area contributed by atoms with Crippen molar-refractivity contribution in [3.63, 3.8) is 0 Å². The Labute approximate surface area is 115 Å². The number of unbranched alkanes of at least 4 members (excludes halogenated alkanes) is 7. The topological polar surface area (TPSA) is 0 Å². The molecule has 0 rings (SSSR count). The summed E-state index contributed by atoms with van der Waals surface area (Å²) in [6, 6.07) is 0. The Morgan fingerprint density at radius 3 is 1.82 bits per heavy atom. The standard InChI is InChI=1S/C15H32N.ClH/c1-5-7-8-9-10-11-12-13-15-16(3,4)14-6-2;/h6H,2,5,7-15H2,1,3-4H3;1H/q+1;/p-1. The quantitative estimate of drug-likeness (QED) is 0.300. The van der Waals surface area contributed by atoms with E-state index in [0.29, 0.717) is 0 Å². The fourth-order valence-corrected chi connectivity index (χ4v) is 2.11. The van der Waals surface area contributed by atoms with Gasteiger partial charge in [-0.25, -0.2) is 0 Å². The molecule has 104 valence electrons. The smallest absolute Gasteiger partial charge is 0.0966 e. The van der Waals surface area contributed by atoms with Gasteiger partial charge in [0.15, 0.2) is 0 Å². The van der Waals surface area contributed by atoms with Crippen molar-refractivity contribution in [3.05, 3.63) is 12.7 Å². The van der Waals surface area contributed by atoms with Crippen molar-refractivity contribution in [2.24, 2.45) is 0 Å². The Kier molecular flexibility index (Phi) is 14.2. The highest BCUT2D eigenvalue weighted by molar-refractivity contribution is 4.64. The van der Waals surface area contributed by atoms with Crippen LogP contribution in [-0.2, 0) is 0 Å². The molecule has 2 heteroatoms. The Balaban J connectivity index is 0. The van der Waals surface area contributed by atoms with Crippen molar-refractivity contribution in [1.82, 2.24) is 0 Å². The summed E-state index contributed by atoms with van der Waals surface area (Å²) in [6.07, 6.45) is 13.3. The van der Waals surface area contributed by atoms with E-state index in [2.05, 4.69) is 27.6 Å². The van der Waals surface area contributed by atoms with Crippen molar-refractivity contribution in [3.8, 4) is 0 Å². The maximum absolute atomic E-state index is 3.82. The van der Waals surface area contributed by atoms with Gasteiger partial charge in [0.1, 0.15) is 0 Å². The number of rotatable bonds is 11. The molecule has 0 amide bonds. The molecule has 0 radical (unpaired) electrons. The highest BCUT2D eigenvalue weighted by atomic mass is 35.5. The molecular formula is C15H32ClN. The Bertz CT molecular complexity index is 166. The van der Waals surface area contributed by atoms with Crippen LogP contribution in [0.4, 0.5) is 0 Å². The van der Waals surface area contributed by atoms with Crippen LogP contribution in [0.2, 0.25) is 0 Å². The normalized spacial score (nSPS) is 11.0. The number of nitrogens with zero attached hydrogens (tertiary/aromatic N) is 1. The third-order valence-electron chi connectivity index (χ3n) is 3.24. The molecular weight excluding hydrogens is 230 g/mol. The SMILES string of the molecule is C=CC[N+](C)(C)CCCCCCCCCC.[Cl-]. The molecule has 0 fully saturated rings. The molecule has 1 nitrogen and oxygen atoms in total. The van der Waals surface area contributed by atoms with Gasteiger partial charge in [0.05, 0.1) is 27.2 Å². The van der Waals surface area contributed by atoms with Crippen LogP contribution in [0.3, 0.4) is 0 Å². The van der Waals surface area contributed by atoms with E-state index in [1.54, 1.807) is 0 Å². The number of quaternary nitrogens is 1. The molecule has 0 saturated heterocycles. The maximum Gasteiger partial charge on any atom is 0.0966 e. The minimum atomic E-state index is 0. The third-order valence-corrected chi connectivity index (χ3v) is 3.24. The van der Waals surface area contributed by atoms with E-state index in [-0.39, 0.29) is 12.4 Å². The molecule has 0 aromatic rings. The van der Waals surface area contributed by atoms with Crippen LogP contribution in [0.1, 0.15) is 58.3 Å². The van der Waals surface area contributed by atoms with Crippen molar-refractivity contribution in [2.75, 3.05) is 27.2 Å². The van der Waals surface area contributed by atoms with Crippen LogP contribution in [0, 0.1) is 0 Å². The van der Waals surface area contributed by atoms with Gasteiger partial charge < -0.3 is 16.9 Å². The van der Waals surface area contributed by atoms with Gasteiger partial charge in [0.25, 0.3) is 0 Å². The molecule has 0 heterocycles. The fraction of sp³-hybridized carbons (Fsp3) is 0.867. The van der Waals surface area contributed by atoms with E-state index in [9.17, 15) is 0 Å². The van der Waals surface area contributed by atoms with E-state index in [4.69, 9.17) is 0 Å². The Morgan fingerprint density at radius 2 is 1.35 bits per heavy atom. The predicted octanol–water partition coefficient (Wildman–Crippen LogP) is 1.39. The highest BCUT2D eigenvalue weighted by Gasteiger charge is 2.10. The lowest BCUT2D eigenvalue weighted by atomic mass is 10.1. The first kappa shape index (κ1) is 19.3. The first-order valence-electron chi connectivity index (χ1n) is 7.05. The summed E-state index contributed by atoms with van der Waals surface area (Å²) < 4.78 is 1.10. The maximum atomic E-state index is 3.82. The first-order chi connectivity index (χ1) is 7.62. The molecule has 17 heavy (non-hydrogen) atoms. The monoisotopic (exact) mass is 261 g/mol.